The van der Waals surface area contributed by atoms with Crippen LogP contribution in [0.2, 0.25) is 0 Å². The summed E-state index contributed by atoms with van der Waals surface area (Å²) in [5, 5.41) is 12.0. The zero-order chi connectivity index (χ0) is 19.5. The van der Waals surface area contributed by atoms with Gasteiger partial charge < -0.3 is 15.2 Å². The van der Waals surface area contributed by atoms with Gasteiger partial charge in [0.15, 0.2) is 0 Å². The third-order valence-corrected chi connectivity index (χ3v) is 3.31. The summed E-state index contributed by atoms with van der Waals surface area (Å²) in [6.45, 7) is 3.40. The molecule has 4 nitrogen and oxygen atoms in total. The molecular weight excluding hydrogens is 356 g/mol. The second-order valence-corrected chi connectivity index (χ2v) is 5.34. The van der Waals surface area contributed by atoms with Crippen molar-refractivity contribution in [1.29, 1.82) is 0 Å². The number of benzene rings is 1. The van der Waals surface area contributed by atoms with Gasteiger partial charge in [0.05, 0.1) is 13.0 Å². The molecule has 1 unspecified atom stereocenters. The summed E-state index contributed by atoms with van der Waals surface area (Å²) in [5.41, 5.74) is -6.13. The van der Waals surface area contributed by atoms with Gasteiger partial charge in [-0.25, -0.2) is 0 Å². The van der Waals surface area contributed by atoms with Gasteiger partial charge in [-0.1, -0.05) is 12.1 Å². The summed E-state index contributed by atoms with van der Waals surface area (Å²) in [7, 11) is 0. The van der Waals surface area contributed by atoms with Crippen LogP contribution < -0.4 is 5.32 Å². The number of alkyl halides is 6. The lowest BCUT2D eigenvalue weighted by Gasteiger charge is -2.32. The average Bonchev–Trinajstić information content (AvgIpc) is 2.44. The number of ether oxygens (including phenoxy) is 1. The van der Waals surface area contributed by atoms with Crippen LogP contribution in [0.25, 0.3) is 0 Å². The van der Waals surface area contributed by atoms with Crippen molar-refractivity contribution in [3.63, 3.8) is 0 Å². The Morgan fingerprint density at radius 1 is 1.12 bits per heavy atom. The predicted molar refractivity (Wildman–Crippen MR) is 76.8 cm³/mol. The second kappa shape index (κ2) is 7.51. The molecular formula is C15H17F6NO3. The van der Waals surface area contributed by atoms with Gasteiger partial charge in [-0.3, -0.25) is 4.79 Å². The van der Waals surface area contributed by atoms with Gasteiger partial charge in [0.25, 0.3) is 5.60 Å². The van der Waals surface area contributed by atoms with E-state index < -0.39 is 35.5 Å². The topological polar surface area (TPSA) is 58.6 Å². The van der Waals surface area contributed by atoms with Crippen molar-refractivity contribution in [1.82, 2.24) is 0 Å². The molecule has 1 aromatic carbocycles. The van der Waals surface area contributed by atoms with Crippen LogP contribution >= 0.6 is 0 Å². The van der Waals surface area contributed by atoms with Crippen LogP contribution in [-0.2, 0) is 15.1 Å². The van der Waals surface area contributed by atoms with Crippen LogP contribution in [0.4, 0.5) is 32.0 Å². The van der Waals surface area contributed by atoms with E-state index in [4.69, 9.17) is 4.74 Å². The molecule has 1 rings (SSSR count). The molecule has 0 bridgehead atoms. The molecule has 10 heteroatoms. The largest absolute Gasteiger partial charge is 0.466 e. The highest BCUT2D eigenvalue weighted by Gasteiger charge is 2.71. The minimum Gasteiger partial charge on any atom is -0.466 e. The summed E-state index contributed by atoms with van der Waals surface area (Å²) in [4.78, 5) is 11.3. The monoisotopic (exact) mass is 373 g/mol. The van der Waals surface area contributed by atoms with Crippen LogP contribution in [0.1, 0.15) is 25.8 Å². The standard InChI is InChI=1S/C15H17F6NO3/c1-3-25-12(23)8-9(2)22-11-6-4-10(5-7-11)13(24,14(16,17)18)15(19,20)21/h4-7,9,22,24H,3,8H2,1-2H3. The van der Waals surface area contributed by atoms with E-state index in [1.54, 1.807) is 13.8 Å². The third-order valence-electron chi connectivity index (χ3n) is 3.31. The van der Waals surface area contributed by atoms with Crippen molar-refractivity contribution in [2.75, 3.05) is 11.9 Å². The Morgan fingerprint density at radius 3 is 2.00 bits per heavy atom. The molecule has 0 fully saturated rings. The van der Waals surface area contributed by atoms with Gasteiger partial charge in [-0.15, -0.1) is 0 Å². The minimum atomic E-state index is -5.93. The van der Waals surface area contributed by atoms with E-state index >= 15 is 0 Å². The smallest absolute Gasteiger partial charge is 0.430 e. The molecule has 0 aliphatic carbocycles. The van der Waals surface area contributed by atoms with E-state index in [0.717, 1.165) is 12.1 Å². The van der Waals surface area contributed by atoms with E-state index in [1.807, 2.05) is 0 Å². The first-order valence-corrected chi connectivity index (χ1v) is 7.21. The molecule has 142 valence electrons. The number of carbonyl (C=O) groups is 1. The van der Waals surface area contributed by atoms with Gasteiger partial charge in [0, 0.05) is 17.3 Å². The maximum Gasteiger partial charge on any atom is 0.430 e. The van der Waals surface area contributed by atoms with E-state index in [1.165, 1.54) is 0 Å². The van der Waals surface area contributed by atoms with Crippen molar-refractivity contribution < 1.29 is 41.0 Å². The van der Waals surface area contributed by atoms with Crippen molar-refractivity contribution in [3.05, 3.63) is 29.8 Å². The zero-order valence-electron chi connectivity index (χ0n) is 13.3. The number of hydrogen-bond acceptors (Lipinski definition) is 4. The Hall–Kier alpha value is -1.97. The number of anilines is 1. The number of nitrogens with one attached hydrogen (secondary N) is 1. The van der Waals surface area contributed by atoms with Crippen LogP contribution in [0.5, 0.6) is 0 Å². The highest BCUT2D eigenvalue weighted by molar-refractivity contribution is 5.70. The lowest BCUT2D eigenvalue weighted by Crippen LogP contribution is -2.53. The first-order chi connectivity index (χ1) is 11.3. The third kappa shape index (κ3) is 4.77. The molecule has 0 aliphatic rings. The number of carbonyl (C=O) groups excluding carboxylic acids is 1. The summed E-state index contributed by atoms with van der Waals surface area (Å²) in [6, 6.07) is 2.51. The van der Waals surface area contributed by atoms with Gasteiger partial charge in [-0.2, -0.15) is 26.3 Å². The van der Waals surface area contributed by atoms with Crippen molar-refractivity contribution in [2.24, 2.45) is 0 Å². The number of hydrogen-bond donors (Lipinski definition) is 2. The molecule has 0 aliphatic heterocycles. The predicted octanol–water partition coefficient (Wildman–Crippen LogP) is 3.75. The molecule has 1 aromatic rings. The summed E-state index contributed by atoms with van der Waals surface area (Å²) >= 11 is 0. The Bertz CT molecular complexity index is 568. The lowest BCUT2D eigenvalue weighted by molar-refractivity contribution is -0.376. The van der Waals surface area contributed by atoms with Crippen LogP contribution in [-0.4, -0.2) is 36.1 Å². The minimum absolute atomic E-state index is 0.0371. The fourth-order valence-electron chi connectivity index (χ4n) is 2.10. The second-order valence-electron chi connectivity index (χ2n) is 5.34. The van der Waals surface area contributed by atoms with Gasteiger partial charge in [0.1, 0.15) is 0 Å². The molecule has 0 heterocycles. The van der Waals surface area contributed by atoms with E-state index in [-0.39, 0.29) is 18.7 Å². The van der Waals surface area contributed by atoms with Gasteiger partial charge in [0.2, 0.25) is 0 Å². The highest BCUT2D eigenvalue weighted by atomic mass is 19.4. The first-order valence-electron chi connectivity index (χ1n) is 7.21. The molecule has 0 aromatic heterocycles. The molecule has 0 radical (unpaired) electrons. The summed E-state index contributed by atoms with van der Waals surface area (Å²) < 4.78 is 81.4. The number of halogens is 6. The SMILES string of the molecule is CCOC(=O)CC(C)Nc1ccc(C(O)(C(F)(F)F)C(F)(F)F)cc1. The molecule has 0 amide bonds. The Balaban J connectivity index is 2.96. The van der Waals surface area contributed by atoms with Crippen LogP contribution in [0, 0.1) is 0 Å². The van der Waals surface area contributed by atoms with E-state index in [0.29, 0.717) is 12.1 Å². The maximum atomic E-state index is 12.8. The van der Waals surface area contributed by atoms with Gasteiger partial charge in [-0.05, 0) is 26.0 Å². The first kappa shape index (κ1) is 21.1. The zero-order valence-corrected chi connectivity index (χ0v) is 13.3. The average molecular weight is 373 g/mol. The van der Waals surface area contributed by atoms with Crippen molar-refractivity contribution >= 4 is 11.7 Å². The maximum absolute atomic E-state index is 12.8. The molecule has 1 atom stereocenters. The Kier molecular flexibility index (Phi) is 6.33. The van der Waals surface area contributed by atoms with E-state index in [9.17, 15) is 36.2 Å². The van der Waals surface area contributed by atoms with Crippen LogP contribution in [0.3, 0.4) is 0 Å². The van der Waals surface area contributed by atoms with E-state index in [2.05, 4.69) is 5.32 Å². The normalized spacial score (nSPS) is 14.1. The Morgan fingerprint density at radius 2 is 1.60 bits per heavy atom. The number of rotatable bonds is 6. The Labute approximate surface area is 139 Å². The fraction of sp³-hybridized carbons (Fsp3) is 0.533. The van der Waals surface area contributed by atoms with Gasteiger partial charge >= 0.3 is 18.3 Å². The molecule has 0 saturated carbocycles. The molecule has 2 N–H and O–H groups in total. The van der Waals surface area contributed by atoms with Crippen LogP contribution in [0.15, 0.2) is 24.3 Å². The number of esters is 1. The lowest BCUT2D eigenvalue weighted by atomic mass is 9.92. The molecule has 0 spiro atoms. The summed E-state index contributed by atoms with van der Waals surface area (Å²) in [5.74, 6) is -0.498. The summed E-state index contributed by atoms with van der Waals surface area (Å²) in [6.07, 6.45) is -11.9. The van der Waals surface area contributed by atoms with Crippen molar-refractivity contribution in [3.8, 4) is 0 Å². The van der Waals surface area contributed by atoms with Crippen molar-refractivity contribution in [2.45, 2.75) is 44.3 Å². The molecule has 0 saturated heterocycles. The molecule has 25 heavy (non-hydrogen) atoms. The number of aliphatic hydroxyl groups is 1. The highest BCUT2D eigenvalue weighted by Crippen LogP contribution is 2.50. The quantitative estimate of drug-likeness (QED) is 0.589. The fourth-order valence-corrected chi connectivity index (χ4v) is 2.10.